The molecule has 3 N–H and O–H groups in total. The number of hydrogen-bond donors (Lipinski definition) is 3. The number of carbonyl (C=O) groups excluding carboxylic acids is 3. The van der Waals surface area contributed by atoms with Crippen LogP contribution >= 0.6 is 0 Å². The van der Waals surface area contributed by atoms with Crippen molar-refractivity contribution in [2.45, 2.75) is 114 Å². The Hall–Kier alpha value is -2.71. The van der Waals surface area contributed by atoms with Gasteiger partial charge in [0.15, 0.2) is 0 Å². The highest BCUT2D eigenvalue weighted by molar-refractivity contribution is 5.93. The predicted molar refractivity (Wildman–Crippen MR) is 143 cm³/mol. The minimum atomic E-state index is -2.62. The zero-order valence-corrected chi connectivity index (χ0v) is 23.0. The third-order valence-corrected chi connectivity index (χ3v) is 10.1. The van der Waals surface area contributed by atoms with Gasteiger partial charge in [0.05, 0.1) is 18.0 Å². The molecule has 2 heterocycles. The summed E-state index contributed by atoms with van der Waals surface area (Å²) in [4.78, 5) is 42.0. The lowest BCUT2D eigenvalue weighted by molar-refractivity contribution is -0.207. The molecule has 1 aromatic carbocycles. The van der Waals surface area contributed by atoms with Crippen molar-refractivity contribution in [3.8, 4) is 0 Å². The van der Waals surface area contributed by atoms with Gasteiger partial charge >= 0.3 is 0 Å². The fourth-order valence-electron chi connectivity index (χ4n) is 7.68. The highest BCUT2D eigenvalue weighted by atomic mass is 19.3. The molecule has 1 saturated heterocycles. The second kappa shape index (κ2) is 9.44. The summed E-state index contributed by atoms with van der Waals surface area (Å²) in [5.74, 6) is -3.77. The molecule has 3 amide bonds. The van der Waals surface area contributed by atoms with Crippen molar-refractivity contribution in [3.05, 3.63) is 29.3 Å². The van der Waals surface area contributed by atoms with E-state index in [2.05, 4.69) is 35.0 Å². The number of amides is 3. The Kier molecular flexibility index (Phi) is 6.42. The molecule has 3 atom stereocenters. The number of nitrogens with one attached hydrogen (secondary N) is 3. The second-order valence-corrected chi connectivity index (χ2v) is 13.2. The van der Waals surface area contributed by atoms with Crippen LogP contribution in [0.1, 0.15) is 82.3 Å². The Morgan fingerprint density at radius 1 is 1.15 bits per heavy atom. The molecule has 0 bridgehead atoms. The lowest BCUT2D eigenvalue weighted by Crippen LogP contribution is -2.60. The summed E-state index contributed by atoms with van der Waals surface area (Å²) in [6.07, 6.45) is 5.87. The summed E-state index contributed by atoms with van der Waals surface area (Å²) in [5, 5.41) is 9.69. The van der Waals surface area contributed by atoms with E-state index in [1.165, 1.54) is 11.1 Å². The van der Waals surface area contributed by atoms with E-state index in [1.807, 2.05) is 17.9 Å². The van der Waals surface area contributed by atoms with E-state index in [0.29, 0.717) is 19.4 Å². The molecular weight excluding hydrogens is 502 g/mol. The normalized spacial score (nSPS) is 28.4. The van der Waals surface area contributed by atoms with Gasteiger partial charge in [-0.3, -0.25) is 14.4 Å². The van der Waals surface area contributed by atoms with Gasteiger partial charge in [0.1, 0.15) is 6.04 Å². The van der Waals surface area contributed by atoms with Crippen LogP contribution in [0.2, 0.25) is 0 Å². The first kappa shape index (κ1) is 26.5. The molecule has 4 fully saturated rings. The molecule has 0 radical (unpaired) electrons. The van der Waals surface area contributed by atoms with Crippen LogP contribution in [0.4, 0.5) is 14.5 Å². The fraction of sp³-hybridized carbons (Fsp3) is 0.700. The van der Waals surface area contributed by atoms with Crippen LogP contribution in [0.25, 0.3) is 0 Å². The maximum absolute atomic E-state index is 13.7. The van der Waals surface area contributed by atoms with Gasteiger partial charge in [-0.1, -0.05) is 12.1 Å². The number of likely N-dealkylation sites (tertiary alicyclic amines) is 1. The molecular formula is C30H40F2N4O3. The molecule has 1 spiro atoms. The van der Waals surface area contributed by atoms with Crippen LogP contribution in [0.3, 0.4) is 0 Å². The van der Waals surface area contributed by atoms with Gasteiger partial charge in [0, 0.05) is 37.0 Å². The number of alkyl halides is 2. The molecule has 2 aliphatic heterocycles. The Morgan fingerprint density at radius 3 is 2.54 bits per heavy atom. The maximum atomic E-state index is 13.7. The molecule has 0 aromatic heterocycles. The summed E-state index contributed by atoms with van der Waals surface area (Å²) in [5.41, 5.74) is 2.74. The van der Waals surface area contributed by atoms with Gasteiger partial charge in [0.2, 0.25) is 23.6 Å². The third kappa shape index (κ3) is 5.02. The lowest BCUT2D eigenvalue weighted by atomic mass is 9.50. The molecule has 1 unspecified atom stereocenters. The molecule has 6 rings (SSSR count). The van der Waals surface area contributed by atoms with Crippen LogP contribution in [0.15, 0.2) is 18.2 Å². The first-order valence-electron chi connectivity index (χ1n) is 14.6. The molecule has 3 saturated carbocycles. The van der Waals surface area contributed by atoms with Crippen molar-refractivity contribution in [1.29, 1.82) is 0 Å². The average molecular weight is 543 g/mol. The fourth-order valence-corrected chi connectivity index (χ4v) is 7.68. The van der Waals surface area contributed by atoms with Crippen LogP contribution in [0.5, 0.6) is 0 Å². The highest BCUT2D eigenvalue weighted by Gasteiger charge is 2.63. The van der Waals surface area contributed by atoms with Crippen molar-refractivity contribution in [1.82, 2.24) is 15.5 Å². The van der Waals surface area contributed by atoms with Crippen LogP contribution < -0.4 is 16.0 Å². The van der Waals surface area contributed by atoms with E-state index in [0.717, 1.165) is 44.2 Å². The van der Waals surface area contributed by atoms with E-state index in [1.54, 1.807) is 0 Å². The summed E-state index contributed by atoms with van der Waals surface area (Å²) in [6, 6.07) is 5.35. The number of nitrogens with zero attached hydrogens (tertiary/aromatic N) is 1. The molecule has 9 heteroatoms. The number of aryl methyl sites for hydroxylation is 1. The number of benzene rings is 1. The van der Waals surface area contributed by atoms with Crippen molar-refractivity contribution >= 4 is 23.4 Å². The Bertz CT molecular complexity index is 1170. The number of halogens is 2. The number of rotatable bonds is 7. The maximum Gasteiger partial charge on any atom is 0.249 e. The van der Waals surface area contributed by atoms with E-state index in [9.17, 15) is 23.2 Å². The van der Waals surface area contributed by atoms with E-state index >= 15 is 0 Å². The van der Waals surface area contributed by atoms with Crippen molar-refractivity contribution < 1.29 is 23.2 Å². The van der Waals surface area contributed by atoms with Crippen LogP contribution in [-0.4, -0.2) is 58.8 Å². The number of anilines is 1. The largest absolute Gasteiger partial charge is 0.379 e. The topological polar surface area (TPSA) is 90.5 Å². The predicted octanol–water partition coefficient (Wildman–Crippen LogP) is 4.08. The standard InChI is InChI=1S/C30H40F2N4O3/c1-18-6-5-8-22-21(18)12-24(33-22)29(9-10-29)35-27(39)23(13-25(37)36-11-4-3-7-19(36)2)34-26(38)20-14-28(15-20)16-30(31,32)17-28/h5-6,8,19-20,23-24,33H,3-4,7,9-17H2,1-2H3,(H,34,38)(H,35,39)/t19-,23-,24?/m1/s1. The zero-order chi connectivity index (χ0) is 27.6. The molecule has 1 aromatic rings. The highest BCUT2D eigenvalue weighted by Crippen LogP contribution is 2.64. The van der Waals surface area contributed by atoms with Crippen LogP contribution in [-0.2, 0) is 20.8 Å². The van der Waals surface area contributed by atoms with Crippen molar-refractivity contribution in [2.75, 3.05) is 11.9 Å². The van der Waals surface area contributed by atoms with Gasteiger partial charge in [-0.25, -0.2) is 8.78 Å². The number of fused-ring (bicyclic) bond motifs is 1. The summed E-state index contributed by atoms with van der Waals surface area (Å²) in [7, 11) is 0. The quantitative estimate of drug-likeness (QED) is 0.484. The minimum absolute atomic E-state index is 0.0542. The van der Waals surface area contributed by atoms with Crippen molar-refractivity contribution in [3.63, 3.8) is 0 Å². The van der Waals surface area contributed by atoms with Gasteiger partial charge in [-0.2, -0.15) is 0 Å². The first-order valence-corrected chi connectivity index (χ1v) is 14.6. The Labute approximate surface area is 228 Å². The molecule has 39 heavy (non-hydrogen) atoms. The number of hydrogen-bond acceptors (Lipinski definition) is 4. The lowest BCUT2D eigenvalue weighted by Gasteiger charge is -2.56. The Morgan fingerprint density at radius 2 is 1.90 bits per heavy atom. The third-order valence-electron chi connectivity index (χ3n) is 10.1. The van der Waals surface area contributed by atoms with Gasteiger partial charge in [0.25, 0.3) is 0 Å². The number of piperidine rings is 1. The van der Waals surface area contributed by atoms with Gasteiger partial charge in [-0.15, -0.1) is 0 Å². The van der Waals surface area contributed by atoms with E-state index < -0.39 is 22.9 Å². The van der Waals surface area contributed by atoms with Crippen LogP contribution in [0, 0.1) is 18.3 Å². The molecule has 7 nitrogen and oxygen atoms in total. The molecule has 3 aliphatic carbocycles. The van der Waals surface area contributed by atoms with Gasteiger partial charge < -0.3 is 20.9 Å². The second-order valence-electron chi connectivity index (χ2n) is 13.2. The summed E-state index contributed by atoms with van der Waals surface area (Å²) in [6.45, 7) is 4.78. The minimum Gasteiger partial charge on any atom is -0.379 e. The first-order chi connectivity index (χ1) is 18.5. The van der Waals surface area contributed by atoms with Gasteiger partial charge in [-0.05, 0) is 87.8 Å². The smallest absolute Gasteiger partial charge is 0.249 e. The monoisotopic (exact) mass is 542 g/mol. The molecule has 5 aliphatic rings. The average Bonchev–Trinajstić information content (AvgIpc) is 3.47. The SMILES string of the molecule is Cc1cccc2c1CC(C1(NC(=O)[C@@H](CC(=O)N3CCCC[C@H]3C)NC(=O)C3CC4(C3)CC(F)(F)C4)CC1)N2. The van der Waals surface area contributed by atoms with Crippen molar-refractivity contribution in [2.24, 2.45) is 11.3 Å². The summed E-state index contributed by atoms with van der Waals surface area (Å²) >= 11 is 0. The zero-order valence-electron chi connectivity index (χ0n) is 23.0. The Balaban J connectivity index is 1.13. The van der Waals surface area contributed by atoms with E-state index in [-0.39, 0.29) is 55.0 Å². The summed E-state index contributed by atoms with van der Waals surface area (Å²) < 4.78 is 26.9. The molecule has 212 valence electrons. The van der Waals surface area contributed by atoms with E-state index in [4.69, 9.17) is 0 Å². The number of carbonyl (C=O) groups is 3.